The van der Waals surface area contributed by atoms with Gasteiger partial charge in [-0.05, 0) is 77.0 Å². The van der Waals surface area contributed by atoms with Crippen molar-refractivity contribution < 1.29 is 28.6 Å². The third-order valence-corrected chi connectivity index (χ3v) is 12.8. The lowest BCUT2D eigenvalue weighted by molar-refractivity contribution is -0.167. The number of unbranched alkanes of at least 4 members (excludes halogenated alkanes) is 32. The van der Waals surface area contributed by atoms with Crippen LogP contribution in [-0.4, -0.2) is 37.2 Å². The number of ether oxygens (including phenoxy) is 3. The molecule has 0 N–H and O–H groups in total. The number of rotatable bonds is 53. The highest BCUT2D eigenvalue weighted by molar-refractivity contribution is 5.71. The molecule has 0 radical (unpaired) electrons. The van der Waals surface area contributed by atoms with Gasteiger partial charge in [-0.25, -0.2) is 0 Å². The summed E-state index contributed by atoms with van der Waals surface area (Å²) in [7, 11) is 0. The van der Waals surface area contributed by atoms with Crippen molar-refractivity contribution in [3.63, 3.8) is 0 Å². The third kappa shape index (κ3) is 54.1. The van der Waals surface area contributed by atoms with Gasteiger partial charge in [0.1, 0.15) is 13.2 Å². The maximum atomic E-state index is 12.7. The van der Waals surface area contributed by atoms with Gasteiger partial charge in [0.2, 0.25) is 0 Å². The standard InChI is InChI=1S/C62H110O6/c1-4-7-10-13-16-19-21-22-23-24-25-26-27-28-29-30-31-32-33-34-35-36-37-38-39-40-42-43-46-49-52-55-61(64)67-58-59(57-66-60(63)54-51-48-45-18-15-12-9-6-3)68-62(65)56-53-50-47-44-41-20-17-14-11-8-5-2/h7,10,14,16-17,19,22-23,25-26,59H,4-6,8-9,11-13,15,18,20-21,24,27-58H2,1-3H3/b10-7-,17-14-,19-16-,23-22-,26-25-. The monoisotopic (exact) mass is 951 g/mol. The van der Waals surface area contributed by atoms with Crippen LogP contribution in [0.4, 0.5) is 0 Å². The normalized spacial score (nSPS) is 12.5. The van der Waals surface area contributed by atoms with Crippen LogP contribution >= 0.6 is 0 Å². The van der Waals surface area contributed by atoms with Gasteiger partial charge >= 0.3 is 17.9 Å². The fourth-order valence-electron chi connectivity index (χ4n) is 8.36. The van der Waals surface area contributed by atoms with Gasteiger partial charge in [0.25, 0.3) is 0 Å². The number of carbonyl (C=O) groups is 3. The summed E-state index contributed by atoms with van der Waals surface area (Å²) in [4.78, 5) is 37.9. The van der Waals surface area contributed by atoms with Crippen molar-refractivity contribution in [2.45, 2.75) is 303 Å². The van der Waals surface area contributed by atoms with Crippen LogP contribution in [0.3, 0.4) is 0 Å². The van der Waals surface area contributed by atoms with E-state index in [9.17, 15) is 14.4 Å². The topological polar surface area (TPSA) is 78.9 Å². The minimum atomic E-state index is -0.771. The summed E-state index contributed by atoms with van der Waals surface area (Å²) in [6.45, 7) is 6.47. The van der Waals surface area contributed by atoms with Gasteiger partial charge in [-0.2, -0.15) is 0 Å². The van der Waals surface area contributed by atoms with E-state index in [0.717, 1.165) is 96.3 Å². The lowest BCUT2D eigenvalue weighted by atomic mass is 10.0. The first-order chi connectivity index (χ1) is 33.5. The van der Waals surface area contributed by atoms with E-state index in [2.05, 4.69) is 81.5 Å². The predicted octanol–water partition coefficient (Wildman–Crippen LogP) is 19.6. The third-order valence-electron chi connectivity index (χ3n) is 12.8. The fraction of sp³-hybridized carbons (Fsp3) is 0.790. The van der Waals surface area contributed by atoms with Gasteiger partial charge in [-0.3, -0.25) is 14.4 Å². The molecule has 0 heterocycles. The first kappa shape index (κ1) is 65.1. The Kier molecular flexibility index (Phi) is 54.3. The van der Waals surface area contributed by atoms with Crippen LogP contribution in [0.25, 0.3) is 0 Å². The van der Waals surface area contributed by atoms with Gasteiger partial charge in [-0.1, -0.05) is 261 Å². The Morgan fingerprint density at radius 1 is 0.309 bits per heavy atom. The SMILES string of the molecule is CC/C=C\C/C=C\C/C=C\C/C=C\CCCCCCCCCCCCCCCCCCCCC(=O)OCC(COC(=O)CCCCCCCCCC)OC(=O)CCCCCCC/C=C\CCCC. The Morgan fingerprint density at radius 3 is 0.956 bits per heavy atom. The summed E-state index contributed by atoms with van der Waals surface area (Å²) in [5.74, 6) is -0.877. The molecule has 0 aliphatic heterocycles. The van der Waals surface area contributed by atoms with Crippen LogP contribution in [-0.2, 0) is 28.6 Å². The molecule has 68 heavy (non-hydrogen) atoms. The molecule has 0 aliphatic carbocycles. The number of allylic oxidation sites excluding steroid dienone is 10. The van der Waals surface area contributed by atoms with Crippen LogP contribution in [0.2, 0.25) is 0 Å². The van der Waals surface area contributed by atoms with Crippen LogP contribution in [0, 0.1) is 0 Å². The van der Waals surface area contributed by atoms with Crippen molar-refractivity contribution in [1.82, 2.24) is 0 Å². The summed E-state index contributed by atoms with van der Waals surface area (Å²) < 4.78 is 16.8. The van der Waals surface area contributed by atoms with Crippen molar-refractivity contribution >= 4 is 17.9 Å². The zero-order valence-electron chi connectivity index (χ0n) is 45.1. The second-order valence-electron chi connectivity index (χ2n) is 19.5. The molecule has 1 unspecified atom stereocenters. The molecule has 394 valence electrons. The van der Waals surface area contributed by atoms with Crippen LogP contribution < -0.4 is 0 Å². The maximum Gasteiger partial charge on any atom is 0.306 e. The smallest absolute Gasteiger partial charge is 0.306 e. The molecule has 0 saturated carbocycles. The van der Waals surface area contributed by atoms with E-state index in [1.54, 1.807) is 0 Å². The Bertz CT molecular complexity index is 1230. The highest BCUT2D eigenvalue weighted by Crippen LogP contribution is 2.17. The average molecular weight is 952 g/mol. The van der Waals surface area contributed by atoms with E-state index in [0.29, 0.717) is 19.3 Å². The molecule has 0 spiro atoms. The summed E-state index contributed by atoms with van der Waals surface area (Å²) in [6.07, 6.45) is 71.1. The Balaban J connectivity index is 3.99. The Morgan fingerprint density at radius 2 is 0.588 bits per heavy atom. The second kappa shape index (κ2) is 56.7. The molecule has 0 rings (SSSR count). The van der Waals surface area contributed by atoms with Gasteiger partial charge in [0.05, 0.1) is 0 Å². The van der Waals surface area contributed by atoms with E-state index in [4.69, 9.17) is 14.2 Å². The molecular weight excluding hydrogens is 841 g/mol. The predicted molar refractivity (Wildman–Crippen MR) is 293 cm³/mol. The molecule has 0 bridgehead atoms. The summed E-state index contributed by atoms with van der Waals surface area (Å²) >= 11 is 0. The second-order valence-corrected chi connectivity index (χ2v) is 19.5. The first-order valence-electron chi connectivity index (χ1n) is 29.3. The maximum absolute atomic E-state index is 12.7. The van der Waals surface area contributed by atoms with Crippen LogP contribution in [0.5, 0.6) is 0 Å². The van der Waals surface area contributed by atoms with Gasteiger partial charge in [0, 0.05) is 19.3 Å². The molecule has 0 aliphatic rings. The number of esters is 3. The van der Waals surface area contributed by atoms with Crippen molar-refractivity contribution in [1.29, 1.82) is 0 Å². The quantitative estimate of drug-likeness (QED) is 0.0262. The fourth-order valence-corrected chi connectivity index (χ4v) is 8.36. The highest BCUT2D eigenvalue weighted by Gasteiger charge is 2.19. The molecule has 6 nitrogen and oxygen atoms in total. The molecule has 0 aromatic carbocycles. The molecule has 1 atom stereocenters. The number of carbonyl (C=O) groups excluding carboxylic acids is 3. The molecular formula is C62H110O6. The number of hydrogen-bond donors (Lipinski definition) is 0. The Labute approximate surface area is 421 Å². The summed E-state index contributed by atoms with van der Waals surface area (Å²) in [5.41, 5.74) is 0. The highest BCUT2D eigenvalue weighted by atomic mass is 16.6. The lowest BCUT2D eigenvalue weighted by Gasteiger charge is -2.18. The van der Waals surface area contributed by atoms with E-state index in [-0.39, 0.29) is 31.1 Å². The van der Waals surface area contributed by atoms with Gasteiger partial charge in [0.15, 0.2) is 6.10 Å². The lowest BCUT2D eigenvalue weighted by Crippen LogP contribution is -2.30. The van der Waals surface area contributed by atoms with Crippen LogP contribution in [0.15, 0.2) is 60.8 Å². The van der Waals surface area contributed by atoms with Crippen molar-refractivity contribution in [3.8, 4) is 0 Å². The van der Waals surface area contributed by atoms with E-state index >= 15 is 0 Å². The summed E-state index contributed by atoms with van der Waals surface area (Å²) in [6, 6.07) is 0. The molecule has 0 amide bonds. The van der Waals surface area contributed by atoms with Crippen molar-refractivity contribution in [2.24, 2.45) is 0 Å². The minimum Gasteiger partial charge on any atom is -0.462 e. The molecule has 0 aromatic rings. The number of hydrogen-bond acceptors (Lipinski definition) is 6. The molecule has 0 fully saturated rings. The first-order valence-corrected chi connectivity index (χ1v) is 29.3. The Hall–Kier alpha value is -2.89. The minimum absolute atomic E-state index is 0.0734. The van der Waals surface area contributed by atoms with E-state index in [1.807, 2.05) is 0 Å². The van der Waals surface area contributed by atoms with Gasteiger partial charge < -0.3 is 14.2 Å². The van der Waals surface area contributed by atoms with Crippen molar-refractivity contribution in [3.05, 3.63) is 60.8 Å². The largest absolute Gasteiger partial charge is 0.462 e. The van der Waals surface area contributed by atoms with E-state index in [1.165, 1.54) is 161 Å². The molecule has 0 aromatic heterocycles. The van der Waals surface area contributed by atoms with Gasteiger partial charge in [-0.15, -0.1) is 0 Å². The zero-order valence-corrected chi connectivity index (χ0v) is 45.1. The van der Waals surface area contributed by atoms with Crippen molar-refractivity contribution in [2.75, 3.05) is 13.2 Å². The average Bonchev–Trinajstić information content (AvgIpc) is 3.34. The zero-order chi connectivity index (χ0) is 49.3. The van der Waals surface area contributed by atoms with Crippen LogP contribution in [0.1, 0.15) is 297 Å². The van der Waals surface area contributed by atoms with E-state index < -0.39 is 6.10 Å². The molecule has 0 saturated heterocycles. The molecule has 6 heteroatoms. The summed E-state index contributed by atoms with van der Waals surface area (Å²) in [5, 5.41) is 0.